The summed E-state index contributed by atoms with van der Waals surface area (Å²) in [4.78, 5) is 0. The summed E-state index contributed by atoms with van der Waals surface area (Å²) in [5.74, 6) is 0.825. The highest BCUT2D eigenvalue weighted by molar-refractivity contribution is 9.10. The first-order valence-corrected chi connectivity index (χ1v) is 5.78. The van der Waals surface area contributed by atoms with E-state index < -0.39 is 6.10 Å². The first-order chi connectivity index (χ1) is 7.58. The number of oxime groups is 1. The van der Waals surface area contributed by atoms with Crippen LogP contribution in [0.2, 0.25) is 0 Å². The number of hydrogen-bond donors (Lipinski definition) is 2. The van der Waals surface area contributed by atoms with E-state index in [1.54, 1.807) is 0 Å². The molecule has 4 nitrogen and oxygen atoms in total. The predicted octanol–water partition coefficient (Wildman–Crippen LogP) is 2.66. The Kier molecular flexibility index (Phi) is 4.61. The Labute approximate surface area is 103 Å². The minimum atomic E-state index is -0.398. The highest BCUT2D eigenvalue weighted by Gasteiger charge is 2.14. The predicted molar refractivity (Wildman–Crippen MR) is 67.0 cm³/mol. The average Bonchev–Trinajstić information content (AvgIpc) is 2.27. The molecule has 0 saturated carbocycles. The Balaban J connectivity index is 2.86. The van der Waals surface area contributed by atoms with Crippen molar-refractivity contribution in [1.29, 1.82) is 0 Å². The second kappa shape index (κ2) is 5.75. The van der Waals surface area contributed by atoms with Crippen molar-refractivity contribution in [2.45, 2.75) is 26.4 Å². The van der Waals surface area contributed by atoms with E-state index in [1.165, 1.54) is 0 Å². The molecular weight excluding hydrogens is 272 g/mol. The van der Waals surface area contributed by atoms with Crippen LogP contribution in [0, 0.1) is 6.92 Å². The molecule has 1 unspecified atom stereocenters. The van der Waals surface area contributed by atoms with Crippen molar-refractivity contribution < 1.29 is 9.94 Å². The highest BCUT2D eigenvalue weighted by atomic mass is 79.9. The van der Waals surface area contributed by atoms with Gasteiger partial charge in [-0.3, -0.25) is 0 Å². The molecule has 0 bridgehead atoms. The lowest BCUT2D eigenvalue weighted by Gasteiger charge is -2.17. The van der Waals surface area contributed by atoms with Gasteiger partial charge in [-0.05, 0) is 37.1 Å². The number of ether oxygens (including phenoxy) is 1. The van der Waals surface area contributed by atoms with Crippen molar-refractivity contribution in [1.82, 2.24) is 0 Å². The molecular formula is C11H15BrN2O2. The van der Waals surface area contributed by atoms with Crippen molar-refractivity contribution in [3.8, 4) is 5.75 Å². The van der Waals surface area contributed by atoms with Gasteiger partial charge in [0.05, 0.1) is 0 Å². The average molecular weight is 287 g/mol. The first-order valence-electron chi connectivity index (χ1n) is 4.98. The molecule has 0 aliphatic rings. The monoisotopic (exact) mass is 286 g/mol. The zero-order valence-corrected chi connectivity index (χ0v) is 10.9. The van der Waals surface area contributed by atoms with Gasteiger partial charge in [-0.2, -0.15) is 0 Å². The number of nitrogens with zero attached hydrogens (tertiary/aromatic N) is 1. The van der Waals surface area contributed by atoms with Crippen LogP contribution in [0.1, 0.15) is 18.9 Å². The van der Waals surface area contributed by atoms with E-state index in [0.717, 1.165) is 15.8 Å². The largest absolute Gasteiger partial charge is 0.482 e. The molecule has 0 radical (unpaired) electrons. The number of benzene rings is 1. The minimum Gasteiger partial charge on any atom is -0.482 e. The molecule has 0 aliphatic heterocycles. The number of aryl methyl sites for hydroxylation is 1. The van der Waals surface area contributed by atoms with Crippen LogP contribution in [0.25, 0.3) is 0 Å². The van der Waals surface area contributed by atoms with Gasteiger partial charge in [0, 0.05) is 4.47 Å². The molecule has 0 fully saturated rings. The van der Waals surface area contributed by atoms with Crippen molar-refractivity contribution in [3.05, 3.63) is 28.2 Å². The van der Waals surface area contributed by atoms with Gasteiger partial charge in [0.15, 0.2) is 11.9 Å². The molecule has 0 aliphatic carbocycles. The molecule has 16 heavy (non-hydrogen) atoms. The standard InChI is InChI=1S/C11H15BrN2O2/c1-3-9(11(13)14-15)16-10-5-4-8(12)6-7(10)2/h4-6,9,15H,3H2,1-2H3,(H2,13,14). The fourth-order valence-corrected chi connectivity index (χ4v) is 1.79. The summed E-state index contributed by atoms with van der Waals surface area (Å²) in [7, 11) is 0. The van der Waals surface area contributed by atoms with E-state index in [2.05, 4.69) is 21.1 Å². The molecule has 5 heteroatoms. The van der Waals surface area contributed by atoms with Crippen LogP contribution in [-0.4, -0.2) is 17.1 Å². The summed E-state index contributed by atoms with van der Waals surface area (Å²) >= 11 is 3.38. The SMILES string of the molecule is CCC(Oc1ccc(Br)cc1C)C(N)=NO. The van der Waals surface area contributed by atoms with Crippen molar-refractivity contribution >= 4 is 21.8 Å². The van der Waals surface area contributed by atoms with E-state index in [0.29, 0.717) is 6.42 Å². The normalized spacial score (nSPS) is 13.6. The summed E-state index contributed by atoms with van der Waals surface area (Å²) in [6, 6.07) is 5.70. The maximum absolute atomic E-state index is 8.60. The van der Waals surface area contributed by atoms with Gasteiger partial charge >= 0.3 is 0 Å². The van der Waals surface area contributed by atoms with Crippen LogP contribution in [0.5, 0.6) is 5.75 Å². The third kappa shape index (κ3) is 3.13. The maximum Gasteiger partial charge on any atom is 0.180 e. The summed E-state index contributed by atoms with van der Waals surface area (Å²) in [6.45, 7) is 3.86. The van der Waals surface area contributed by atoms with Crippen LogP contribution in [0.4, 0.5) is 0 Å². The number of hydrogen-bond acceptors (Lipinski definition) is 3. The molecule has 0 amide bonds. The Morgan fingerprint density at radius 2 is 2.31 bits per heavy atom. The van der Waals surface area contributed by atoms with Gasteiger partial charge in [-0.1, -0.05) is 28.0 Å². The highest BCUT2D eigenvalue weighted by Crippen LogP contribution is 2.23. The lowest BCUT2D eigenvalue weighted by molar-refractivity contribution is 0.245. The Morgan fingerprint density at radius 3 is 2.81 bits per heavy atom. The molecule has 3 N–H and O–H groups in total. The smallest absolute Gasteiger partial charge is 0.180 e. The van der Waals surface area contributed by atoms with Crippen LogP contribution >= 0.6 is 15.9 Å². The maximum atomic E-state index is 8.60. The second-order valence-electron chi connectivity index (χ2n) is 3.45. The van der Waals surface area contributed by atoms with Crippen molar-refractivity contribution in [2.24, 2.45) is 10.9 Å². The Morgan fingerprint density at radius 1 is 1.62 bits per heavy atom. The first kappa shape index (κ1) is 12.8. The van der Waals surface area contributed by atoms with E-state index in [1.807, 2.05) is 32.0 Å². The zero-order valence-electron chi connectivity index (χ0n) is 9.27. The van der Waals surface area contributed by atoms with E-state index in [9.17, 15) is 0 Å². The third-order valence-electron chi connectivity index (χ3n) is 2.22. The van der Waals surface area contributed by atoms with Crippen molar-refractivity contribution in [3.63, 3.8) is 0 Å². The number of amidine groups is 1. The fourth-order valence-electron chi connectivity index (χ4n) is 1.32. The molecule has 88 valence electrons. The van der Waals surface area contributed by atoms with Gasteiger partial charge in [0.2, 0.25) is 0 Å². The van der Waals surface area contributed by atoms with Crippen LogP contribution in [0.15, 0.2) is 27.8 Å². The number of halogens is 1. The van der Waals surface area contributed by atoms with Crippen LogP contribution in [0.3, 0.4) is 0 Å². The fraction of sp³-hybridized carbons (Fsp3) is 0.364. The van der Waals surface area contributed by atoms with Crippen LogP contribution < -0.4 is 10.5 Å². The van der Waals surface area contributed by atoms with Crippen molar-refractivity contribution in [2.75, 3.05) is 0 Å². The van der Waals surface area contributed by atoms with Crippen LogP contribution in [-0.2, 0) is 0 Å². The summed E-state index contributed by atoms with van der Waals surface area (Å²) < 4.78 is 6.66. The lowest BCUT2D eigenvalue weighted by Crippen LogP contribution is -2.33. The van der Waals surface area contributed by atoms with Gasteiger partial charge in [0.25, 0.3) is 0 Å². The zero-order chi connectivity index (χ0) is 12.1. The number of nitrogens with two attached hydrogens (primary N) is 1. The van der Waals surface area contributed by atoms with Gasteiger partial charge in [0.1, 0.15) is 5.75 Å². The van der Waals surface area contributed by atoms with E-state index in [-0.39, 0.29) is 5.84 Å². The molecule has 1 atom stereocenters. The minimum absolute atomic E-state index is 0.0878. The van der Waals surface area contributed by atoms with Gasteiger partial charge < -0.3 is 15.7 Å². The molecule has 0 saturated heterocycles. The molecule has 1 aromatic carbocycles. The summed E-state index contributed by atoms with van der Waals surface area (Å²) in [6.07, 6.45) is 0.246. The lowest BCUT2D eigenvalue weighted by atomic mass is 10.2. The third-order valence-corrected chi connectivity index (χ3v) is 2.72. The molecule has 1 rings (SSSR count). The van der Waals surface area contributed by atoms with Gasteiger partial charge in [-0.15, -0.1) is 0 Å². The topological polar surface area (TPSA) is 67.8 Å². The Hall–Kier alpha value is -1.23. The summed E-state index contributed by atoms with van der Waals surface area (Å²) in [5.41, 5.74) is 6.52. The molecule has 0 heterocycles. The van der Waals surface area contributed by atoms with E-state index in [4.69, 9.17) is 15.7 Å². The molecule has 0 spiro atoms. The molecule has 1 aromatic rings. The second-order valence-corrected chi connectivity index (χ2v) is 4.37. The molecule has 0 aromatic heterocycles. The van der Waals surface area contributed by atoms with E-state index >= 15 is 0 Å². The Bertz CT molecular complexity index is 394. The summed E-state index contributed by atoms with van der Waals surface area (Å²) in [5, 5.41) is 11.6. The number of rotatable bonds is 4. The quantitative estimate of drug-likeness (QED) is 0.387. The van der Waals surface area contributed by atoms with Gasteiger partial charge in [-0.25, -0.2) is 0 Å².